The predicted octanol–water partition coefficient (Wildman–Crippen LogP) is 1.55. The van der Waals surface area contributed by atoms with Gasteiger partial charge in [-0.15, -0.1) is 0 Å². The lowest BCUT2D eigenvalue weighted by atomic mass is 10.0. The van der Waals surface area contributed by atoms with E-state index in [4.69, 9.17) is 5.11 Å². The first-order chi connectivity index (χ1) is 12.5. The van der Waals surface area contributed by atoms with Crippen LogP contribution >= 0.6 is 0 Å². The van der Waals surface area contributed by atoms with Crippen molar-refractivity contribution in [2.45, 2.75) is 18.9 Å². The summed E-state index contributed by atoms with van der Waals surface area (Å²) in [4.78, 5) is 40.5. The number of aromatic nitrogens is 1. The number of hydrogen-bond donors (Lipinski definition) is 2. The number of aliphatic carboxylic acids is 1. The van der Waals surface area contributed by atoms with Crippen LogP contribution in [0.25, 0.3) is 11.1 Å². The van der Waals surface area contributed by atoms with Crippen LogP contribution in [0.4, 0.5) is 0 Å². The number of nitrogens with zero attached hydrogens (tertiary/aromatic N) is 2. The number of amides is 2. The van der Waals surface area contributed by atoms with Gasteiger partial charge in [-0.3, -0.25) is 19.4 Å². The second-order valence-corrected chi connectivity index (χ2v) is 6.20. The maximum absolute atomic E-state index is 12.6. The Labute approximate surface area is 150 Å². The molecule has 1 saturated heterocycles. The zero-order valence-electron chi connectivity index (χ0n) is 14.1. The van der Waals surface area contributed by atoms with Crippen molar-refractivity contribution < 1.29 is 19.5 Å². The minimum absolute atomic E-state index is 0.198. The molecule has 0 spiro atoms. The summed E-state index contributed by atoms with van der Waals surface area (Å²) < 4.78 is 0. The first-order valence-corrected chi connectivity index (χ1v) is 8.34. The van der Waals surface area contributed by atoms with Gasteiger partial charge in [0.25, 0.3) is 5.91 Å². The first kappa shape index (κ1) is 17.6. The molecule has 1 aliphatic heterocycles. The average Bonchev–Trinajstić information content (AvgIpc) is 2.65. The molecular weight excluding hydrogens is 334 g/mol. The van der Waals surface area contributed by atoms with E-state index in [1.54, 1.807) is 30.6 Å². The molecule has 1 unspecified atom stereocenters. The Bertz CT molecular complexity index is 823. The molecule has 1 fully saturated rings. The molecule has 2 aromatic rings. The van der Waals surface area contributed by atoms with Gasteiger partial charge in [0.15, 0.2) is 0 Å². The lowest BCUT2D eigenvalue weighted by Gasteiger charge is -2.32. The fourth-order valence-corrected chi connectivity index (χ4v) is 2.99. The molecule has 1 atom stereocenters. The number of carbonyl (C=O) groups is 3. The number of likely N-dealkylation sites (tertiary alicyclic amines) is 1. The largest absolute Gasteiger partial charge is 0.480 e. The zero-order chi connectivity index (χ0) is 18.5. The van der Waals surface area contributed by atoms with Crippen molar-refractivity contribution in [2.75, 3.05) is 13.1 Å². The number of carbonyl (C=O) groups excluding carboxylic acids is 2. The summed E-state index contributed by atoms with van der Waals surface area (Å²) in [5.41, 5.74) is 2.31. The quantitative estimate of drug-likeness (QED) is 0.850. The van der Waals surface area contributed by atoms with E-state index >= 15 is 0 Å². The van der Waals surface area contributed by atoms with Crippen molar-refractivity contribution in [2.24, 2.45) is 0 Å². The molecule has 26 heavy (non-hydrogen) atoms. The van der Waals surface area contributed by atoms with Crippen molar-refractivity contribution in [1.29, 1.82) is 0 Å². The Morgan fingerprint density at radius 3 is 2.77 bits per heavy atom. The van der Waals surface area contributed by atoms with Crippen LogP contribution in [0.3, 0.4) is 0 Å². The summed E-state index contributed by atoms with van der Waals surface area (Å²) in [6.07, 6.45) is 4.15. The van der Waals surface area contributed by atoms with E-state index in [0.29, 0.717) is 12.0 Å². The molecular formula is C19H19N3O4. The molecule has 1 aromatic carbocycles. The van der Waals surface area contributed by atoms with Crippen LogP contribution in [0, 0.1) is 0 Å². The molecule has 134 valence electrons. The van der Waals surface area contributed by atoms with Gasteiger partial charge in [0.05, 0.1) is 0 Å². The van der Waals surface area contributed by atoms with Crippen molar-refractivity contribution in [3.8, 4) is 11.1 Å². The fourth-order valence-electron chi connectivity index (χ4n) is 2.99. The summed E-state index contributed by atoms with van der Waals surface area (Å²) >= 11 is 0. The molecule has 2 heterocycles. The van der Waals surface area contributed by atoms with Gasteiger partial charge in [-0.05, 0) is 30.2 Å². The van der Waals surface area contributed by atoms with Crippen LogP contribution < -0.4 is 5.32 Å². The summed E-state index contributed by atoms with van der Waals surface area (Å²) in [6.45, 7) is -0.138. The number of piperidine rings is 1. The second kappa shape index (κ2) is 7.77. The molecule has 0 aliphatic carbocycles. The van der Waals surface area contributed by atoms with Crippen LogP contribution in [-0.2, 0) is 9.59 Å². The number of carboxylic acid groups (broad SMARTS) is 1. The highest BCUT2D eigenvalue weighted by molar-refractivity contribution is 5.95. The third kappa shape index (κ3) is 4.24. The van der Waals surface area contributed by atoms with Gasteiger partial charge in [0.2, 0.25) is 5.91 Å². The van der Waals surface area contributed by atoms with Crippen LogP contribution in [0.5, 0.6) is 0 Å². The number of pyridine rings is 1. The molecule has 3 rings (SSSR count). The lowest BCUT2D eigenvalue weighted by molar-refractivity contribution is -0.146. The minimum atomic E-state index is -1.06. The van der Waals surface area contributed by atoms with Gasteiger partial charge in [0, 0.05) is 42.5 Å². The van der Waals surface area contributed by atoms with Gasteiger partial charge in [-0.1, -0.05) is 18.2 Å². The normalized spacial score (nSPS) is 17.0. The van der Waals surface area contributed by atoms with E-state index in [1.165, 1.54) is 4.90 Å². The highest BCUT2D eigenvalue weighted by Crippen LogP contribution is 2.19. The summed E-state index contributed by atoms with van der Waals surface area (Å²) in [7, 11) is 0. The van der Waals surface area contributed by atoms with Crippen LogP contribution in [0.15, 0.2) is 48.8 Å². The van der Waals surface area contributed by atoms with E-state index < -0.39 is 5.97 Å². The molecule has 0 bridgehead atoms. The lowest BCUT2D eigenvalue weighted by Crippen LogP contribution is -2.51. The smallest absolute Gasteiger partial charge is 0.323 e. The van der Waals surface area contributed by atoms with E-state index in [9.17, 15) is 14.4 Å². The molecule has 0 saturated carbocycles. The van der Waals surface area contributed by atoms with E-state index in [-0.39, 0.29) is 37.4 Å². The number of rotatable bonds is 5. The highest BCUT2D eigenvalue weighted by Gasteiger charge is 2.28. The number of carboxylic acids is 1. The van der Waals surface area contributed by atoms with Gasteiger partial charge in [0.1, 0.15) is 6.54 Å². The average molecular weight is 353 g/mol. The molecule has 2 N–H and O–H groups in total. The second-order valence-electron chi connectivity index (χ2n) is 6.20. The van der Waals surface area contributed by atoms with E-state index in [2.05, 4.69) is 10.3 Å². The molecule has 0 radical (unpaired) electrons. The number of hydrogen-bond acceptors (Lipinski definition) is 4. The van der Waals surface area contributed by atoms with Crippen LogP contribution in [0.1, 0.15) is 23.2 Å². The van der Waals surface area contributed by atoms with Crippen molar-refractivity contribution in [3.63, 3.8) is 0 Å². The Kier molecular flexibility index (Phi) is 5.26. The summed E-state index contributed by atoms with van der Waals surface area (Å²) in [6, 6.07) is 10.7. The van der Waals surface area contributed by atoms with Gasteiger partial charge < -0.3 is 15.3 Å². The van der Waals surface area contributed by atoms with Crippen molar-refractivity contribution >= 4 is 17.8 Å². The zero-order valence-corrected chi connectivity index (χ0v) is 14.1. The number of nitrogens with one attached hydrogen (secondary N) is 1. The Balaban J connectivity index is 1.68. The van der Waals surface area contributed by atoms with Crippen LogP contribution in [-0.4, -0.2) is 51.9 Å². The monoisotopic (exact) mass is 353 g/mol. The Morgan fingerprint density at radius 2 is 2.04 bits per heavy atom. The van der Waals surface area contributed by atoms with Crippen molar-refractivity contribution in [1.82, 2.24) is 15.2 Å². The topological polar surface area (TPSA) is 99.6 Å². The van der Waals surface area contributed by atoms with E-state index in [0.717, 1.165) is 11.1 Å². The van der Waals surface area contributed by atoms with Gasteiger partial charge in [-0.2, -0.15) is 0 Å². The molecule has 2 amide bonds. The van der Waals surface area contributed by atoms with Gasteiger partial charge >= 0.3 is 5.97 Å². The van der Waals surface area contributed by atoms with Gasteiger partial charge in [-0.25, -0.2) is 0 Å². The Hall–Kier alpha value is -3.22. The molecule has 1 aromatic heterocycles. The van der Waals surface area contributed by atoms with Crippen LogP contribution in [0.2, 0.25) is 0 Å². The SMILES string of the molecule is O=C(O)CN1CC(NC(=O)c2cccc(-c3cccnc3)c2)CCC1=O. The maximum atomic E-state index is 12.6. The standard InChI is InChI=1S/C19H19N3O4/c23-17-7-6-16(11-22(17)12-18(24)25)21-19(26)14-4-1-3-13(9-14)15-5-2-8-20-10-15/h1-5,8-10,16H,6-7,11-12H2,(H,21,26)(H,24,25). The van der Waals surface area contributed by atoms with E-state index in [1.807, 2.05) is 18.2 Å². The fraction of sp³-hybridized carbons (Fsp3) is 0.263. The molecule has 1 aliphatic rings. The maximum Gasteiger partial charge on any atom is 0.323 e. The molecule has 7 heteroatoms. The summed E-state index contributed by atoms with van der Waals surface area (Å²) in [5, 5.41) is 11.8. The summed E-state index contributed by atoms with van der Waals surface area (Å²) in [5.74, 6) is -1.50. The highest BCUT2D eigenvalue weighted by atomic mass is 16.4. The predicted molar refractivity (Wildman–Crippen MR) is 94.4 cm³/mol. The first-order valence-electron chi connectivity index (χ1n) is 8.34. The third-order valence-corrected chi connectivity index (χ3v) is 4.28. The van der Waals surface area contributed by atoms with Crippen molar-refractivity contribution in [3.05, 3.63) is 54.4 Å². The molecule has 7 nitrogen and oxygen atoms in total. The Morgan fingerprint density at radius 1 is 1.23 bits per heavy atom. The number of benzene rings is 1. The third-order valence-electron chi connectivity index (χ3n) is 4.28. The minimum Gasteiger partial charge on any atom is -0.480 e.